The van der Waals surface area contributed by atoms with Gasteiger partial charge in [0.1, 0.15) is 0 Å². The van der Waals surface area contributed by atoms with Gasteiger partial charge in [0, 0.05) is 34.4 Å². The van der Waals surface area contributed by atoms with Gasteiger partial charge < -0.3 is 5.32 Å². The van der Waals surface area contributed by atoms with Crippen LogP contribution in [0.1, 0.15) is 30.9 Å². The zero-order valence-electron chi connectivity index (χ0n) is 10.3. The molecule has 1 saturated heterocycles. The molecule has 1 fully saturated rings. The molecule has 1 unspecified atom stereocenters. The second kappa shape index (κ2) is 6.67. The van der Waals surface area contributed by atoms with E-state index in [1.165, 1.54) is 0 Å². The highest BCUT2D eigenvalue weighted by Crippen LogP contribution is 2.20. The minimum absolute atomic E-state index is 0.0905. The van der Waals surface area contributed by atoms with Gasteiger partial charge in [-0.3, -0.25) is 4.21 Å². The summed E-state index contributed by atoms with van der Waals surface area (Å²) in [5.74, 6) is 1.57. The van der Waals surface area contributed by atoms with Crippen LogP contribution in [-0.2, 0) is 10.8 Å². The van der Waals surface area contributed by atoms with Crippen molar-refractivity contribution in [1.82, 2.24) is 5.32 Å². The van der Waals surface area contributed by atoms with E-state index in [1.54, 1.807) is 0 Å². The van der Waals surface area contributed by atoms with Gasteiger partial charge in [-0.05, 0) is 18.4 Å². The van der Waals surface area contributed by atoms with E-state index in [0.717, 1.165) is 29.9 Å². The number of nitrogens with zero attached hydrogens (tertiary/aromatic N) is 1. The Labute approximate surface area is 111 Å². The number of hydrogen-bond donors (Lipinski definition) is 1. The first kappa shape index (κ1) is 13.3. The van der Waals surface area contributed by atoms with E-state index in [1.807, 2.05) is 18.2 Å². The molecule has 1 aliphatic heterocycles. The van der Waals surface area contributed by atoms with E-state index in [-0.39, 0.29) is 6.04 Å². The van der Waals surface area contributed by atoms with Gasteiger partial charge >= 0.3 is 0 Å². The van der Waals surface area contributed by atoms with Gasteiger partial charge in [0.05, 0.1) is 12.5 Å². The predicted octanol–water partition coefficient (Wildman–Crippen LogP) is 2.14. The lowest BCUT2D eigenvalue weighted by molar-refractivity contribution is 0.413. The Kier molecular flexibility index (Phi) is 4.91. The fourth-order valence-electron chi connectivity index (χ4n) is 2.29. The van der Waals surface area contributed by atoms with E-state index >= 15 is 0 Å². The van der Waals surface area contributed by atoms with Gasteiger partial charge in [0.15, 0.2) is 0 Å². The molecule has 1 atom stereocenters. The maximum absolute atomic E-state index is 11.3. The molecular weight excluding hydrogens is 244 g/mol. The number of benzene rings is 1. The molecule has 1 aromatic carbocycles. The second-order valence-corrected chi connectivity index (χ2v) is 6.31. The number of nitrogens with one attached hydrogen (secondary N) is 1. The molecule has 96 valence electrons. The van der Waals surface area contributed by atoms with Crippen molar-refractivity contribution in [3.8, 4) is 6.07 Å². The van der Waals surface area contributed by atoms with E-state index < -0.39 is 10.8 Å². The smallest absolute Gasteiger partial charge is 0.0641 e. The molecule has 0 aromatic heterocycles. The molecule has 0 saturated carbocycles. The zero-order chi connectivity index (χ0) is 12.8. The van der Waals surface area contributed by atoms with Gasteiger partial charge in [0.2, 0.25) is 0 Å². The molecule has 0 spiro atoms. The van der Waals surface area contributed by atoms with Crippen LogP contribution in [0.4, 0.5) is 0 Å². The van der Waals surface area contributed by atoms with Crippen LogP contribution in [0.3, 0.4) is 0 Å². The molecule has 18 heavy (non-hydrogen) atoms. The Morgan fingerprint density at radius 3 is 2.61 bits per heavy atom. The summed E-state index contributed by atoms with van der Waals surface area (Å²) in [5.41, 5.74) is 1.16. The second-order valence-electron chi connectivity index (χ2n) is 4.61. The van der Waals surface area contributed by atoms with E-state index in [2.05, 4.69) is 23.5 Å². The average Bonchev–Trinajstić information content (AvgIpc) is 2.42. The minimum Gasteiger partial charge on any atom is -0.306 e. The van der Waals surface area contributed by atoms with Crippen molar-refractivity contribution >= 4 is 10.8 Å². The highest BCUT2D eigenvalue weighted by molar-refractivity contribution is 7.85. The lowest BCUT2D eigenvalue weighted by Gasteiger charge is -2.27. The Hall–Kier alpha value is -1.18. The summed E-state index contributed by atoms with van der Waals surface area (Å²) in [5, 5.41) is 12.5. The van der Waals surface area contributed by atoms with Crippen LogP contribution in [0.5, 0.6) is 0 Å². The molecule has 1 N–H and O–H groups in total. The number of hydrogen-bond acceptors (Lipinski definition) is 3. The van der Waals surface area contributed by atoms with Crippen molar-refractivity contribution in [3.05, 3.63) is 35.9 Å². The number of rotatable bonds is 4. The summed E-state index contributed by atoms with van der Waals surface area (Å²) in [6.07, 6.45) is 2.37. The Balaban J connectivity index is 1.99. The summed E-state index contributed by atoms with van der Waals surface area (Å²) in [6.45, 7) is 0. The molecule has 4 heteroatoms. The molecular formula is C14H18N2OS. The first-order chi connectivity index (χ1) is 8.79. The molecule has 0 aliphatic carbocycles. The molecule has 1 heterocycles. The number of nitriles is 1. The van der Waals surface area contributed by atoms with Gasteiger partial charge in [-0.15, -0.1) is 0 Å². The standard InChI is InChI=1S/C14H18N2OS/c15-9-6-14(12-4-2-1-3-5-12)16-13-7-10-18(17)11-8-13/h1-5,13-14,16H,6-8,10-11H2. The quantitative estimate of drug-likeness (QED) is 0.904. The van der Waals surface area contributed by atoms with E-state index in [4.69, 9.17) is 5.26 Å². The van der Waals surface area contributed by atoms with Crippen molar-refractivity contribution in [2.75, 3.05) is 11.5 Å². The Morgan fingerprint density at radius 1 is 1.33 bits per heavy atom. The van der Waals surface area contributed by atoms with Crippen molar-refractivity contribution in [3.63, 3.8) is 0 Å². The molecule has 3 nitrogen and oxygen atoms in total. The first-order valence-corrected chi connectivity index (χ1v) is 7.81. The summed E-state index contributed by atoms with van der Waals surface area (Å²) >= 11 is 0. The SMILES string of the molecule is N#CCC(NC1CCS(=O)CC1)c1ccccc1. The largest absolute Gasteiger partial charge is 0.306 e. The molecule has 1 aliphatic rings. The van der Waals surface area contributed by atoms with Crippen LogP contribution in [-0.4, -0.2) is 21.8 Å². The van der Waals surface area contributed by atoms with Gasteiger partial charge in [0.25, 0.3) is 0 Å². The highest BCUT2D eigenvalue weighted by atomic mass is 32.2. The summed E-state index contributed by atoms with van der Waals surface area (Å²) in [6, 6.07) is 12.8. The van der Waals surface area contributed by atoms with E-state index in [0.29, 0.717) is 12.5 Å². The lowest BCUT2D eigenvalue weighted by atomic mass is 10.0. The normalized spacial score (nSPS) is 25.3. The maximum Gasteiger partial charge on any atom is 0.0641 e. The maximum atomic E-state index is 11.3. The Morgan fingerprint density at radius 2 is 2.00 bits per heavy atom. The van der Waals surface area contributed by atoms with Crippen LogP contribution in [0, 0.1) is 11.3 Å². The fourth-order valence-corrected chi connectivity index (χ4v) is 3.59. The van der Waals surface area contributed by atoms with Crippen LogP contribution in [0.15, 0.2) is 30.3 Å². The van der Waals surface area contributed by atoms with Gasteiger partial charge in [-0.1, -0.05) is 30.3 Å². The predicted molar refractivity (Wildman–Crippen MR) is 73.4 cm³/mol. The van der Waals surface area contributed by atoms with Crippen LogP contribution < -0.4 is 5.32 Å². The monoisotopic (exact) mass is 262 g/mol. The van der Waals surface area contributed by atoms with Gasteiger partial charge in [-0.2, -0.15) is 5.26 Å². The van der Waals surface area contributed by atoms with Crippen molar-refractivity contribution in [1.29, 1.82) is 5.26 Å². The van der Waals surface area contributed by atoms with Gasteiger partial charge in [-0.25, -0.2) is 0 Å². The van der Waals surface area contributed by atoms with Crippen molar-refractivity contribution in [2.24, 2.45) is 0 Å². The van der Waals surface area contributed by atoms with Crippen molar-refractivity contribution in [2.45, 2.75) is 31.3 Å². The topological polar surface area (TPSA) is 52.9 Å². The van der Waals surface area contributed by atoms with Crippen LogP contribution >= 0.6 is 0 Å². The highest BCUT2D eigenvalue weighted by Gasteiger charge is 2.21. The zero-order valence-corrected chi connectivity index (χ0v) is 11.2. The third-order valence-electron chi connectivity index (χ3n) is 3.32. The summed E-state index contributed by atoms with van der Waals surface area (Å²) < 4.78 is 11.3. The van der Waals surface area contributed by atoms with Crippen molar-refractivity contribution < 1.29 is 4.21 Å². The minimum atomic E-state index is -0.629. The molecule has 0 amide bonds. The van der Waals surface area contributed by atoms with Crippen LogP contribution in [0.25, 0.3) is 0 Å². The summed E-state index contributed by atoms with van der Waals surface area (Å²) in [4.78, 5) is 0. The molecule has 0 radical (unpaired) electrons. The first-order valence-electron chi connectivity index (χ1n) is 6.32. The fraction of sp³-hybridized carbons (Fsp3) is 0.500. The molecule has 0 bridgehead atoms. The summed E-state index contributed by atoms with van der Waals surface area (Å²) in [7, 11) is -0.629. The average molecular weight is 262 g/mol. The molecule has 1 aromatic rings. The van der Waals surface area contributed by atoms with Crippen LogP contribution in [0.2, 0.25) is 0 Å². The third-order valence-corrected chi connectivity index (χ3v) is 4.70. The Bertz CT molecular complexity index is 431. The molecule has 2 rings (SSSR count). The lowest BCUT2D eigenvalue weighted by Crippen LogP contribution is -2.38. The third kappa shape index (κ3) is 3.66. The van der Waals surface area contributed by atoms with E-state index in [9.17, 15) is 4.21 Å².